The maximum atomic E-state index is 14.3. The minimum atomic E-state index is -0.620. The lowest BCUT2D eigenvalue weighted by molar-refractivity contribution is 0.0544. The van der Waals surface area contributed by atoms with Gasteiger partial charge in [0.25, 0.3) is 0 Å². The molecule has 0 fully saturated rings. The van der Waals surface area contributed by atoms with Crippen LogP contribution in [0.2, 0.25) is 0 Å². The first-order valence-corrected chi connectivity index (χ1v) is 8.10. The zero-order chi connectivity index (χ0) is 17.6. The van der Waals surface area contributed by atoms with E-state index in [-0.39, 0.29) is 5.75 Å². The first-order chi connectivity index (χ1) is 10.4. The van der Waals surface area contributed by atoms with Gasteiger partial charge in [-0.05, 0) is 69.6 Å². The predicted molar refractivity (Wildman–Crippen MR) is 91.6 cm³/mol. The maximum absolute atomic E-state index is 14.3. The van der Waals surface area contributed by atoms with Crippen molar-refractivity contribution in [3.63, 3.8) is 0 Å². The van der Waals surface area contributed by atoms with Crippen molar-refractivity contribution in [1.29, 1.82) is 0 Å². The molecule has 1 heterocycles. The number of hydrogen-bond donors (Lipinski definition) is 0. The van der Waals surface area contributed by atoms with Crippen molar-refractivity contribution >= 4 is 32.9 Å². The standard InChI is InChI=1S/C17H21BrFNO3/c1-16(2,3)22-14-10-7-8-20(15(21)23-17(4,5)6)13(10)11(18)9-12(14)19/h7-9H,1-6H3. The van der Waals surface area contributed by atoms with Crippen LogP contribution in [0, 0.1) is 5.82 Å². The highest BCUT2D eigenvalue weighted by Gasteiger charge is 2.24. The molecule has 0 aliphatic heterocycles. The van der Waals surface area contributed by atoms with E-state index in [0.29, 0.717) is 15.4 Å². The van der Waals surface area contributed by atoms with Crippen molar-refractivity contribution in [3.8, 4) is 5.75 Å². The number of nitrogens with zero attached hydrogens (tertiary/aromatic N) is 1. The number of carbonyl (C=O) groups is 1. The van der Waals surface area contributed by atoms with Crippen molar-refractivity contribution in [1.82, 2.24) is 4.57 Å². The van der Waals surface area contributed by atoms with Gasteiger partial charge in [-0.15, -0.1) is 0 Å². The fourth-order valence-corrected chi connectivity index (χ4v) is 2.71. The van der Waals surface area contributed by atoms with Gasteiger partial charge in [-0.3, -0.25) is 4.57 Å². The van der Waals surface area contributed by atoms with Gasteiger partial charge >= 0.3 is 6.09 Å². The molecule has 1 aromatic heterocycles. The summed E-state index contributed by atoms with van der Waals surface area (Å²) in [4.78, 5) is 12.4. The number of carbonyl (C=O) groups excluding carboxylic acids is 1. The molecular weight excluding hydrogens is 365 g/mol. The predicted octanol–water partition coefficient (Wildman–Crippen LogP) is 5.50. The molecule has 4 nitrogen and oxygen atoms in total. The Morgan fingerprint density at radius 1 is 1.17 bits per heavy atom. The van der Waals surface area contributed by atoms with Gasteiger partial charge in [0.1, 0.15) is 11.2 Å². The molecule has 1 aromatic carbocycles. The first kappa shape index (κ1) is 17.8. The normalized spacial score (nSPS) is 12.5. The van der Waals surface area contributed by atoms with Crippen LogP contribution < -0.4 is 4.74 Å². The van der Waals surface area contributed by atoms with Crippen LogP contribution in [-0.2, 0) is 4.74 Å². The molecule has 6 heteroatoms. The molecule has 0 atom stereocenters. The molecule has 0 radical (unpaired) electrons. The van der Waals surface area contributed by atoms with Crippen LogP contribution in [0.1, 0.15) is 41.5 Å². The lowest BCUT2D eigenvalue weighted by Gasteiger charge is -2.23. The van der Waals surface area contributed by atoms with E-state index in [4.69, 9.17) is 9.47 Å². The van der Waals surface area contributed by atoms with Crippen molar-refractivity contribution in [2.45, 2.75) is 52.7 Å². The Kier molecular flexibility index (Phi) is 4.50. The van der Waals surface area contributed by atoms with Crippen LogP contribution in [0.15, 0.2) is 22.8 Å². The molecule has 0 spiro atoms. The van der Waals surface area contributed by atoms with Gasteiger partial charge in [0.15, 0.2) is 11.6 Å². The number of ether oxygens (including phenoxy) is 2. The van der Waals surface area contributed by atoms with Gasteiger partial charge < -0.3 is 9.47 Å². The van der Waals surface area contributed by atoms with Crippen LogP contribution in [0.5, 0.6) is 5.75 Å². The molecule has 0 unspecified atom stereocenters. The van der Waals surface area contributed by atoms with Gasteiger partial charge in [0, 0.05) is 16.1 Å². The average Bonchev–Trinajstić information content (AvgIpc) is 2.76. The van der Waals surface area contributed by atoms with E-state index in [1.807, 2.05) is 20.8 Å². The Labute approximate surface area is 143 Å². The third-order valence-corrected chi connectivity index (χ3v) is 3.43. The highest BCUT2D eigenvalue weighted by atomic mass is 79.9. The molecule has 126 valence electrons. The van der Waals surface area contributed by atoms with Crippen molar-refractivity contribution in [3.05, 3.63) is 28.6 Å². The summed E-state index contributed by atoms with van der Waals surface area (Å²) in [5.41, 5.74) is -0.666. The number of hydrogen-bond acceptors (Lipinski definition) is 3. The molecule has 0 saturated carbocycles. The number of benzene rings is 1. The summed E-state index contributed by atoms with van der Waals surface area (Å²) in [5.74, 6) is -0.362. The van der Waals surface area contributed by atoms with Crippen LogP contribution >= 0.6 is 15.9 Å². The Morgan fingerprint density at radius 2 is 1.78 bits per heavy atom. The summed E-state index contributed by atoms with van der Waals surface area (Å²) >= 11 is 3.32. The molecule has 0 aliphatic rings. The van der Waals surface area contributed by atoms with E-state index in [0.717, 1.165) is 0 Å². The summed E-state index contributed by atoms with van der Waals surface area (Å²) in [5, 5.41) is 0.512. The number of rotatable bonds is 1. The SMILES string of the molecule is CC(C)(C)OC(=O)n1ccc2c(OC(C)(C)C)c(F)cc(Br)c21. The van der Waals surface area contributed by atoms with Crippen LogP contribution in [0.4, 0.5) is 9.18 Å². The van der Waals surface area contributed by atoms with Gasteiger partial charge in [-0.25, -0.2) is 9.18 Å². The molecule has 0 amide bonds. The van der Waals surface area contributed by atoms with Crippen LogP contribution in [-0.4, -0.2) is 21.9 Å². The third kappa shape index (κ3) is 4.05. The molecule has 2 rings (SSSR count). The molecule has 2 aromatic rings. The van der Waals surface area contributed by atoms with Crippen LogP contribution in [0.3, 0.4) is 0 Å². The lowest BCUT2D eigenvalue weighted by Crippen LogP contribution is -2.27. The topological polar surface area (TPSA) is 40.5 Å². The first-order valence-electron chi connectivity index (χ1n) is 7.30. The fraction of sp³-hybridized carbons (Fsp3) is 0.471. The van der Waals surface area contributed by atoms with E-state index in [1.165, 1.54) is 10.6 Å². The summed E-state index contributed by atoms with van der Waals surface area (Å²) in [6, 6.07) is 2.94. The number of aromatic nitrogens is 1. The summed E-state index contributed by atoms with van der Waals surface area (Å²) in [7, 11) is 0. The summed E-state index contributed by atoms with van der Waals surface area (Å²) < 4.78 is 27.2. The minimum absolute atomic E-state index is 0.123. The smallest absolute Gasteiger partial charge is 0.419 e. The van der Waals surface area contributed by atoms with Gasteiger partial charge in [-0.1, -0.05) is 0 Å². The van der Waals surface area contributed by atoms with Gasteiger partial charge in [0.05, 0.1) is 5.52 Å². The Bertz CT molecular complexity index is 754. The lowest BCUT2D eigenvalue weighted by atomic mass is 10.1. The van der Waals surface area contributed by atoms with E-state index >= 15 is 0 Å². The molecule has 0 bridgehead atoms. The van der Waals surface area contributed by atoms with E-state index < -0.39 is 23.1 Å². The van der Waals surface area contributed by atoms with Crippen molar-refractivity contribution < 1.29 is 18.7 Å². The van der Waals surface area contributed by atoms with Gasteiger partial charge in [0.2, 0.25) is 0 Å². The van der Waals surface area contributed by atoms with Crippen molar-refractivity contribution in [2.24, 2.45) is 0 Å². The molecule has 0 aliphatic carbocycles. The van der Waals surface area contributed by atoms with Gasteiger partial charge in [-0.2, -0.15) is 0 Å². The molecule has 23 heavy (non-hydrogen) atoms. The highest BCUT2D eigenvalue weighted by molar-refractivity contribution is 9.10. The number of fused-ring (bicyclic) bond motifs is 1. The van der Waals surface area contributed by atoms with E-state index in [1.54, 1.807) is 33.0 Å². The van der Waals surface area contributed by atoms with E-state index in [2.05, 4.69) is 15.9 Å². The maximum Gasteiger partial charge on any atom is 0.419 e. The Morgan fingerprint density at radius 3 is 2.30 bits per heavy atom. The highest BCUT2D eigenvalue weighted by Crippen LogP contribution is 2.37. The van der Waals surface area contributed by atoms with E-state index in [9.17, 15) is 9.18 Å². The molecule has 0 saturated heterocycles. The zero-order valence-corrected chi connectivity index (χ0v) is 15.7. The second-order valence-corrected chi connectivity index (χ2v) is 8.17. The second kappa shape index (κ2) is 5.82. The second-order valence-electron chi connectivity index (χ2n) is 7.31. The average molecular weight is 386 g/mol. The number of halogens is 2. The Balaban J connectivity index is 2.60. The molecule has 0 N–H and O–H groups in total. The Hall–Kier alpha value is -1.56. The summed E-state index contributed by atoms with van der Waals surface area (Å²) in [6.07, 6.45) is 1.03. The molecular formula is C17H21BrFNO3. The zero-order valence-electron chi connectivity index (χ0n) is 14.2. The largest absolute Gasteiger partial charge is 0.484 e. The monoisotopic (exact) mass is 385 g/mol. The fourth-order valence-electron chi connectivity index (χ4n) is 2.11. The van der Waals surface area contributed by atoms with Crippen molar-refractivity contribution in [2.75, 3.05) is 0 Å². The quantitative estimate of drug-likeness (QED) is 0.650. The summed E-state index contributed by atoms with van der Waals surface area (Å²) in [6.45, 7) is 10.9. The van der Waals surface area contributed by atoms with Crippen LogP contribution in [0.25, 0.3) is 10.9 Å². The third-order valence-electron chi connectivity index (χ3n) is 2.83. The minimum Gasteiger partial charge on any atom is -0.484 e.